The molecule has 0 saturated heterocycles. The molecule has 0 atom stereocenters. The van der Waals surface area contributed by atoms with E-state index in [0.717, 1.165) is 10.0 Å². The number of fused-ring (bicyclic) bond motifs is 1. The third-order valence-electron chi connectivity index (χ3n) is 4.78. The molecule has 0 saturated carbocycles. The minimum Gasteiger partial charge on any atom is -0.322 e. The number of nitrogens with one attached hydrogen (secondary N) is 1. The topological polar surface area (TPSA) is 64.0 Å². The van der Waals surface area contributed by atoms with Crippen LogP contribution in [0.5, 0.6) is 0 Å². The third kappa shape index (κ3) is 3.59. The van der Waals surface area contributed by atoms with E-state index < -0.39 is 0 Å². The van der Waals surface area contributed by atoms with Crippen molar-refractivity contribution in [2.24, 2.45) is 0 Å². The van der Waals surface area contributed by atoms with Crippen molar-refractivity contribution in [2.75, 3.05) is 5.32 Å². The van der Waals surface area contributed by atoms with Gasteiger partial charge in [-0.2, -0.15) is 0 Å². The summed E-state index contributed by atoms with van der Waals surface area (Å²) in [6.45, 7) is 3.71. The van der Waals surface area contributed by atoms with E-state index in [0.29, 0.717) is 33.7 Å². The molecular formula is C23H18BrN3O2. The molecule has 1 N–H and O–H groups in total. The Hall–Kier alpha value is -3.25. The van der Waals surface area contributed by atoms with Crippen molar-refractivity contribution in [1.29, 1.82) is 0 Å². The van der Waals surface area contributed by atoms with Gasteiger partial charge >= 0.3 is 0 Å². The van der Waals surface area contributed by atoms with Crippen LogP contribution in [-0.4, -0.2) is 15.5 Å². The lowest BCUT2D eigenvalue weighted by molar-refractivity contribution is 0.102. The number of anilines is 1. The zero-order valence-corrected chi connectivity index (χ0v) is 17.5. The average Bonchev–Trinajstić information content (AvgIpc) is 2.70. The zero-order chi connectivity index (χ0) is 20.5. The summed E-state index contributed by atoms with van der Waals surface area (Å²) in [5.41, 5.74) is 3.37. The summed E-state index contributed by atoms with van der Waals surface area (Å²) >= 11 is 3.40. The number of amides is 1. The van der Waals surface area contributed by atoms with Crippen LogP contribution >= 0.6 is 15.9 Å². The summed E-state index contributed by atoms with van der Waals surface area (Å²) in [6.07, 6.45) is 0. The number of nitrogens with zero attached hydrogens (tertiary/aromatic N) is 2. The Labute approximate surface area is 176 Å². The predicted octanol–water partition coefficient (Wildman–Crippen LogP) is 5.02. The Kier molecular flexibility index (Phi) is 5.03. The Morgan fingerprint density at radius 2 is 1.72 bits per heavy atom. The summed E-state index contributed by atoms with van der Waals surface area (Å²) in [7, 11) is 0. The van der Waals surface area contributed by atoms with Crippen molar-refractivity contribution in [3.8, 4) is 5.69 Å². The maximum absolute atomic E-state index is 13.0. The summed E-state index contributed by atoms with van der Waals surface area (Å²) in [5, 5.41) is 3.50. The van der Waals surface area contributed by atoms with Crippen LogP contribution in [0.15, 0.2) is 76.0 Å². The maximum Gasteiger partial charge on any atom is 0.265 e. The van der Waals surface area contributed by atoms with Crippen LogP contribution in [0.2, 0.25) is 0 Å². The van der Waals surface area contributed by atoms with E-state index in [-0.39, 0.29) is 11.5 Å². The number of para-hydroxylation sites is 1. The lowest BCUT2D eigenvalue weighted by atomic mass is 10.1. The van der Waals surface area contributed by atoms with Gasteiger partial charge in [-0.3, -0.25) is 14.2 Å². The number of aryl methyl sites for hydroxylation is 2. The van der Waals surface area contributed by atoms with Gasteiger partial charge in [0, 0.05) is 10.2 Å². The standard InChI is InChI=1S/C23H18BrN3O2/c1-14-13-16(27-15(2)25-21-10-6-4-8-18(21)23(27)29)11-12-20(14)26-22(28)17-7-3-5-9-19(17)24/h3-13H,1-2H3,(H,26,28). The van der Waals surface area contributed by atoms with Crippen molar-refractivity contribution >= 4 is 38.4 Å². The van der Waals surface area contributed by atoms with Crippen LogP contribution < -0.4 is 10.9 Å². The van der Waals surface area contributed by atoms with Gasteiger partial charge in [0.05, 0.1) is 22.2 Å². The van der Waals surface area contributed by atoms with Gasteiger partial charge in [0.15, 0.2) is 0 Å². The van der Waals surface area contributed by atoms with Gasteiger partial charge in [0.25, 0.3) is 11.5 Å². The predicted molar refractivity (Wildman–Crippen MR) is 119 cm³/mol. The highest BCUT2D eigenvalue weighted by Gasteiger charge is 2.13. The molecule has 0 radical (unpaired) electrons. The van der Waals surface area contributed by atoms with Crippen molar-refractivity contribution in [2.45, 2.75) is 13.8 Å². The highest BCUT2D eigenvalue weighted by Crippen LogP contribution is 2.22. The molecule has 0 fully saturated rings. The first-order valence-corrected chi connectivity index (χ1v) is 9.90. The molecule has 144 valence electrons. The van der Waals surface area contributed by atoms with Crippen molar-refractivity contribution < 1.29 is 4.79 Å². The smallest absolute Gasteiger partial charge is 0.265 e. The van der Waals surface area contributed by atoms with E-state index >= 15 is 0 Å². The van der Waals surface area contributed by atoms with Crippen LogP contribution in [0.25, 0.3) is 16.6 Å². The van der Waals surface area contributed by atoms with E-state index in [1.165, 1.54) is 0 Å². The van der Waals surface area contributed by atoms with E-state index in [9.17, 15) is 9.59 Å². The van der Waals surface area contributed by atoms with Gasteiger partial charge in [0.1, 0.15) is 5.82 Å². The maximum atomic E-state index is 13.0. The third-order valence-corrected chi connectivity index (χ3v) is 5.47. The normalized spacial score (nSPS) is 10.9. The summed E-state index contributed by atoms with van der Waals surface area (Å²) < 4.78 is 2.32. The van der Waals surface area contributed by atoms with Gasteiger partial charge < -0.3 is 5.32 Å². The molecule has 0 unspecified atom stereocenters. The van der Waals surface area contributed by atoms with Crippen molar-refractivity contribution in [1.82, 2.24) is 9.55 Å². The molecule has 0 aliphatic carbocycles. The Balaban J connectivity index is 1.71. The number of hydrogen-bond acceptors (Lipinski definition) is 3. The first kappa shape index (κ1) is 19.1. The molecule has 4 aromatic rings. The first-order chi connectivity index (χ1) is 14.0. The molecule has 0 bridgehead atoms. The second-order valence-corrected chi connectivity index (χ2v) is 7.60. The largest absolute Gasteiger partial charge is 0.322 e. The second kappa shape index (κ2) is 7.64. The number of aromatic nitrogens is 2. The number of hydrogen-bond donors (Lipinski definition) is 1. The van der Waals surface area contributed by atoms with Gasteiger partial charge in [0.2, 0.25) is 0 Å². The first-order valence-electron chi connectivity index (χ1n) is 9.11. The lowest BCUT2D eigenvalue weighted by Gasteiger charge is -2.14. The van der Waals surface area contributed by atoms with E-state index in [1.807, 2.05) is 62.4 Å². The Bertz CT molecular complexity index is 1310. The van der Waals surface area contributed by atoms with Gasteiger partial charge in [-0.1, -0.05) is 24.3 Å². The van der Waals surface area contributed by atoms with Gasteiger partial charge in [-0.15, -0.1) is 0 Å². The molecule has 1 aromatic heterocycles. The highest BCUT2D eigenvalue weighted by atomic mass is 79.9. The highest BCUT2D eigenvalue weighted by molar-refractivity contribution is 9.10. The van der Waals surface area contributed by atoms with Crippen LogP contribution in [0.3, 0.4) is 0 Å². The molecule has 0 spiro atoms. The second-order valence-electron chi connectivity index (χ2n) is 6.75. The fraction of sp³-hybridized carbons (Fsp3) is 0.0870. The molecule has 4 rings (SSSR count). The minimum atomic E-state index is -0.200. The molecule has 1 amide bonds. The molecule has 6 heteroatoms. The monoisotopic (exact) mass is 447 g/mol. The van der Waals surface area contributed by atoms with Crippen LogP contribution in [0, 0.1) is 13.8 Å². The van der Waals surface area contributed by atoms with Gasteiger partial charge in [-0.05, 0) is 77.8 Å². The Morgan fingerprint density at radius 3 is 2.48 bits per heavy atom. The molecule has 0 aliphatic heterocycles. The molecule has 3 aromatic carbocycles. The number of benzene rings is 3. The van der Waals surface area contributed by atoms with Crippen LogP contribution in [0.1, 0.15) is 21.7 Å². The molecule has 1 heterocycles. The van der Waals surface area contributed by atoms with Crippen LogP contribution in [-0.2, 0) is 0 Å². The number of carbonyl (C=O) groups excluding carboxylic acids is 1. The van der Waals surface area contributed by atoms with Crippen LogP contribution in [0.4, 0.5) is 5.69 Å². The zero-order valence-electron chi connectivity index (χ0n) is 15.9. The SMILES string of the molecule is Cc1cc(-n2c(C)nc3ccccc3c2=O)ccc1NC(=O)c1ccccc1Br. The number of carbonyl (C=O) groups is 1. The fourth-order valence-electron chi connectivity index (χ4n) is 3.31. The van der Waals surface area contributed by atoms with Gasteiger partial charge in [-0.25, -0.2) is 4.98 Å². The van der Waals surface area contributed by atoms with E-state index in [1.54, 1.807) is 22.8 Å². The summed E-state index contributed by atoms with van der Waals surface area (Å²) in [6, 6.07) is 20.1. The number of halogens is 1. The Morgan fingerprint density at radius 1 is 1.00 bits per heavy atom. The number of rotatable bonds is 3. The minimum absolute atomic E-state index is 0.113. The summed E-state index contributed by atoms with van der Waals surface area (Å²) in [4.78, 5) is 30.1. The quantitative estimate of drug-likeness (QED) is 0.479. The fourth-order valence-corrected chi connectivity index (χ4v) is 3.77. The lowest BCUT2D eigenvalue weighted by Crippen LogP contribution is -2.22. The molecule has 29 heavy (non-hydrogen) atoms. The molecular weight excluding hydrogens is 430 g/mol. The molecule has 5 nitrogen and oxygen atoms in total. The van der Waals surface area contributed by atoms with Crippen molar-refractivity contribution in [3.05, 3.63) is 98.5 Å². The summed E-state index contributed by atoms with van der Waals surface area (Å²) in [5.74, 6) is 0.409. The molecule has 0 aliphatic rings. The van der Waals surface area contributed by atoms with E-state index in [4.69, 9.17) is 0 Å². The van der Waals surface area contributed by atoms with Crippen molar-refractivity contribution in [3.63, 3.8) is 0 Å². The van der Waals surface area contributed by atoms with E-state index in [2.05, 4.69) is 26.2 Å². The average molecular weight is 448 g/mol.